The number of piperazine rings is 1. The van der Waals surface area contributed by atoms with Gasteiger partial charge in [0.2, 0.25) is 5.91 Å². The second-order valence-corrected chi connectivity index (χ2v) is 4.75. The van der Waals surface area contributed by atoms with Gasteiger partial charge in [0.1, 0.15) is 5.82 Å². The van der Waals surface area contributed by atoms with Crippen molar-refractivity contribution >= 4 is 5.91 Å². The minimum atomic E-state index is -0.194. The van der Waals surface area contributed by atoms with E-state index in [1.807, 2.05) is 17.0 Å². The summed E-state index contributed by atoms with van der Waals surface area (Å²) < 4.78 is 12.8. The molecule has 0 aromatic heterocycles. The fraction of sp³-hybridized carbons (Fsp3) is 0.400. The van der Waals surface area contributed by atoms with Crippen LogP contribution in [0.3, 0.4) is 0 Å². The number of hydrogen-bond acceptors (Lipinski definition) is 2. The van der Waals surface area contributed by atoms with Crippen LogP contribution in [0.1, 0.15) is 5.56 Å². The Balaban J connectivity index is 1.75. The van der Waals surface area contributed by atoms with Crippen LogP contribution in [0.15, 0.2) is 36.9 Å². The first-order valence-corrected chi connectivity index (χ1v) is 6.57. The van der Waals surface area contributed by atoms with E-state index >= 15 is 0 Å². The first kappa shape index (κ1) is 13.7. The zero-order chi connectivity index (χ0) is 13.7. The third-order valence-corrected chi connectivity index (χ3v) is 3.49. The van der Waals surface area contributed by atoms with Crippen LogP contribution in [0.4, 0.5) is 4.39 Å². The van der Waals surface area contributed by atoms with Crippen molar-refractivity contribution in [3.8, 4) is 0 Å². The maximum absolute atomic E-state index is 12.8. The minimum Gasteiger partial charge on any atom is -0.337 e. The van der Waals surface area contributed by atoms with E-state index in [2.05, 4.69) is 11.5 Å². The predicted octanol–water partition coefficient (Wildman–Crippen LogP) is 1.70. The highest BCUT2D eigenvalue weighted by Gasteiger charge is 2.18. The normalized spacial score (nSPS) is 16.4. The minimum absolute atomic E-state index is 0.0122. The molecule has 1 aromatic rings. The van der Waals surface area contributed by atoms with Crippen molar-refractivity contribution in [2.45, 2.75) is 6.42 Å². The molecule has 0 atom stereocenters. The van der Waals surface area contributed by atoms with Gasteiger partial charge in [-0.25, -0.2) is 4.39 Å². The molecule has 1 heterocycles. The molecule has 0 aliphatic carbocycles. The topological polar surface area (TPSA) is 23.6 Å². The summed E-state index contributed by atoms with van der Waals surface area (Å²) in [6, 6.07) is 6.64. The maximum atomic E-state index is 12.8. The molecule has 3 nitrogen and oxygen atoms in total. The fourth-order valence-electron chi connectivity index (χ4n) is 2.26. The number of hydrogen-bond donors (Lipinski definition) is 0. The second-order valence-electron chi connectivity index (χ2n) is 4.75. The number of amides is 1. The highest BCUT2D eigenvalue weighted by Crippen LogP contribution is 2.07. The van der Waals surface area contributed by atoms with Crippen LogP contribution < -0.4 is 0 Å². The van der Waals surface area contributed by atoms with E-state index in [0.29, 0.717) is 0 Å². The lowest BCUT2D eigenvalue weighted by molar-refractivity contribution is -0.127. The summed E-state index contributed by atoms with van der Waals surface area (Å²) >= 11 is 0. The molecule has 4 heteroatoms. The second kappa shape index (κ2) is 6.48. The molecule has 1 saturated heterocycles. The zero-order valence-electron chi connectivity index (χ0n) is 11.0. The Kier molecular flexibility index (Phi) is 4.68. The van der Waals surface area contributed by atoms with Gasteiger partial charge in [0.25, 0.3) is 0 Å². The van der Waals surface area contributed by atoms with E-state index in [1.54, 1.807) is 0 Å². The number of rotatable bonds is 4. The molecule has 1 aliphatic rings. The molecule has 1 aromatic carbocycles. The van der Waals surface area contributed by atoms with Gasteiger partial charge in [0.15, 0.2) is 0 Å². The lowest BCUT2D eigenvalue weighted by Crippen LogP contribution is -2.48. The summed E-state index contributed by atoms with van der Waals surface area (Å²) in [7, 11) is 0. The zero-order valence-corrected chi connectivity index (χ0v) is 11.0. The highest BCUT2D eigenvalue weighted by atomic mass is 19.1. The summed E-state index contributed by atoms with van der Waals surface area (Å²) in [4.78, 5) is 15.6. The molecular weight excluding hydrogens is 243 g/mol. The average Bonchev–Trinajstić information content (AvgIpc) is 2.46. The van der Waals surface area contributed by atoms with Gasteiger partial charge in [-0.15, -0.1) is 0 Å². The van der Waals surface area contributed by atoms with E-state index in [1.165, 1.54) is 18.2 Å². The van der Waals surface area contributed by atoms with E-state index < -0.39 is 0 Å². The Labute approximate surface area is 113 Å². The van der Waals surface area contributed by atoms with E-state index in [9.17, 15) is 9.18 Å². The van der Waals surface area contributed by atoms with Gasteiger partial charge in [-0.3, -0.25) is 9.69 Å². The van der Waals surface area contributed by atoms with Gasteiger partial charge in [-0.2, -0.15) is 0 Å². The van der Waals surface area contributed by atoms with Gasteiger partial charge in [-0.1, -0.05) is 18.7 Å². The summed E-state index contributed by atoms with van der Waals surface area (Å²) in [6.45, 7) is 7.74. The maximum Gasteiger partial charge on any atom is 0.246 e. The lowest BCUT2D eigenvalue weighted by atomic mass is 10.1. The Morgan fingerprint density at radius 3 is 2.42 bits per heavy atom. The number of halogens is 1. The standard InChI is InChI=1S/C15H19FN2O/c1-2-15(19)18-11-9-17(10-12-18)8-7-13-3-5-14(16)6-4-13/h2-6H,1,7-12H2. The number of benzene rings is 1. The van der Waals surface area contributed by atoms with Crippen LogP contribution in [-0.2, 0) is 11.2 Å². The Bertz CT molecular complexity index is 436. The Morgan fingerprint density at radius 2 is 1.84 bits per heavy atom. The summed E-state index contributed by atoms with van der Waals surface area (Å²) in [6.07, 6.45) is 2.28. The number of carbonyl (C=O) groups is 1. The van der Waals surface area contributed by atoms with Gasteiger partial charge < -0.3 is 4.90 Å². The SMILES string of the molecule is C=CC(=O)N1CCN(CCc2ccc(F)cc2)CC1. The smallest absolute Gasteiger partial charge is 0.246 e. The lowest BCUT2D eigenvalue weighted by Gasteiger charge is -2.34. The molecule has 0 bridgehead atoms. The first-order valence-electron chi connectivity index (χ1n) is 6.57. The van der Waals surface area contributed by atoms with Crippen molar-refractivity contribution in [1.29, 1.82) is 0 Å². The van der Waals surface area contributed by atoms with Crippen LogP contribution >= 0.6 is 0 Å². The highest BCUT2D eigenvalue weighted by molar-refractivity contribution is 5.87. The molecule has 102 valence electrons. The van der Waals surface area contributed by atoms with Crippen LogP contribution in [-0.4, -0.2) is 48.4 Å². The summed E-state index contributed by atoms with van der Waals surface area (Å²) in [5.74, 6) is -0.182. The molecule has 0 saturated carbocycles. The molecular formula is C15H19FN2O. The molecule has 1 aliphatic heterocycles. The van der Waals surface area contributed by atoms with E-state index in [-0.39, 0.29) is 11.7 Å². The third-order valence-electron chi connectivity index (χ3n) is 3.49. The summed E-state index contributed by atoms with van der Waals surface area (Å²) in [5.41, 5.74) is 1.14. The third kappa shape index (κ3) is 3.89. The first-order chi connectivity index (χ1) is 9.19. The predicted molar refractivity (Wildman–Crippen MR) is 73.3 cm³/mol. The molecule has 0 radical (unpaired) electrons. The monoisotopic (exact) mass is 262 g/mol. The average molecular weight is 262 g/mol. The quantitative estimate of drug-likeness (QED) is 0.771. The Morgan fingerprint density at radius 1 is 1.21 bits per heavy atom. The molecule has 0 unspecified atom stereocenters. The van der Waals surface area contributed by atoms with Crippen molar-refractivity contribution in [3.63, 3.8) is 0 Å². The Hall–Kier alpha value is -1.68. The van der Waals surface area contributed by atoms with Crippen molar-refractivity contribution < 1.29 is 9.18 Å². The van der Waals surface area contributed by atoms with Crippen LogP contribution in [0.2, 0.25) is 0 Å². The van der Waals surface area contributed by atoms with Gasteiger partial charge in [-0.05, 0) is 30.2 Å². The molecule has 1 fully saturated rings. The number of nitrogens with zero attached hydrogens (tertiary/aromatic N) is 2. The van der Waals surface area contributed by atoms with Gasteiger partial charge in [0.05, 0.1) is 0 Å². The molecule has 2 rings (SSSR count). The van der Waals surface area contributed by atoms with Gasteiger partial charge >= 0.3 is 0 Å². The van der Waals surface area contributed by atoms with Crippen molar-refractivity contribution in [1.82, 2.24) is 9.80 Å². The largest absolute Gasteiger partial charge is 0.337 e. The van der Waals surface area contributed by atoms with E-state index in [4.69, 9.17) is 0 Å². The molecule has 19 heavy (non-hydrogen) atoms. The van der Waals surface area contributed by atoms with Crippen molar-refractivity contribution in [2.24, 2.45) is 0 Å². The van der Waals surface area contributed by atoms with E-state index in [0.717, 1.165) is 44.7 Å². The molecule has 0 N–H and O–H groups in total. The van der Waals surface area contributed by atoms with Gasteiger partial charge in [0, 0.05) is 32.7 Å². The molecule has 0 spiro atoms. The van der Waals surface area contributed by atoms with Crippen LogP contribution in [0.5, 0.6) is 0 Å². The number of carbonyl (C=O) groups excluding carboxylic acids is 1. The summed E-state index contributed by atoms with van der Waals surface area (Å²) in [5, 5.41) is 0. The van der Waals surface area contributed by atoms with Crippen molar-refractivity contribution in [2.75, 3.05) is 32.7 Å². The fourth-order valence-corrected chi connectivity index (χ4v) is 2.26. The molecule has 1 amide bonds. The van der Waals surface area contributed by atoms with Crippen LogP contribution in [0.25, 0.3) is 0 Å². The van der Waals surface area contributed by atoms with Crippen LogP contribution in [0, 0.1) is 5.82 Å². The van der Waals surface area contributed by atoms with Crippen molar-refractivity contribution in [3.05, 3.63) is 48.3 Å².